The highest BCUT2D eigenvalue weighted by molar-refractivity contribution is 5.94. The molecule has 0 aliphatic carbocycles. The average Bonchev–Trinajstić information content (AvgIpc) is 3.32. The molecule has 0 saturated carbocycles. The van der Waals surface area contributed by atoms with Crippen LogP contribution in [0.15, 0.2) is 30.7 Å². The molecular formula is C24H34N6O2. The fourth-order valence-electron chi connectivity index (χ4n) is 4.71. The Hall–Kier alpha value is -2.74. The molecule has 2 saturated heterocycles. The summed E-state index contributed by atoms with van der Waals surface area (Å²) in [6.45, 7) is 8.82. The maximum absolute atomic E-state index is 13.0. The minimum atomic E-state index is -0.234. The zero-order valence-electron chi connectivity index (χ0n) is 19.4. The lowest BCUT2D eigenvalue weighted by Gasteiger charge is -2.34. The van der Waals surface area contributed by atoms with E-state index in [1.54, 1.807) is 12.4 Å². The van der Waals surface area contributed by atoms with E-state index >= 15 is 0 Å². The van der Waals surface area contributed by atoms with Crippen LogP contribution in [0.3, 0.4) is 0 Å². The molecule has 2 aromatic rings. The Morgan fingerprint density at radius 1 is 1.03 bits per heavy atom. The molecule has 32 heavy (non-hydrogen) atoms. The van der Waals surface area contributed by atoms with E-state index in [-0.39, 0.29) is 17.9 Å². The fraction of sp³-hybridized carbons (Fsp3) is 0.583. The molecule has 2 amide bonds. The van der Waals surface area contributed by atoms with E-state index < -0.39 is 0 Å². The first-order valence-corrected chi connectivity index (χ1v) is 11.7. The van der Waals surface area contributed by atoms with E-state index in [9.17, 15) is 9.59 Å². The molecule has 172 valence electrons. The number of aryl methyl sites for hydroxylation is 1. The lowest BCUT2D eigenvalue weighted by atomic mass is 9.92. The van der Waals surface area contributed by atoms with Crippen molar-refractivity contribution in [2.24, 2.45) is 0 Å². The van der Waals surface area contributed by atoms with Gasteiger partial charge in [0.05, 0.1) is 5.56 Å². The molecule has 0 unspecified atom stereocenters. The van der Waals surface area contributed by atoms with Crippen molar-refractivity contribution in [3.63, 3.8) is 0 Å². The van der Waals surface area contributed by atoms with Gasteiger partial charge in [-0.1, -0.05) is 6.92 Å². The van der Waals surface area contributed by atoms with Gasteiger partial charge >= 0.3 is 0 Å². The number of piperidine rings is 1. The zero-order valence-corrected chi connectivity index (χ0v) is 19.4. The second kappa shape index (κ2) is 9.81. The number of hydrogen-bond donors (Lipinski definition) is 0. The monoisotopic (exact) mass is 438 g/mol. The highest BCUT2D eigenvalue weighted by Crippen LogP contribution is 2.28. The molecular weight excluding hydrogens is 404 g/mol. The summed E-state index contributed by atoms with van der Waals surface area (Å²) in [5.74, 6) is 1.48. The summed E-state index contributed by atoms with van der Waals surface area (Å²) in [6.07, 6.45) is 7.97. The van der Waals surface area contributed by atoms with Crippen LogP contribution in [0.2, 0.25) is 0 Å². The van der Waals surface area contributed by atoms with E-state index in [1.807, 2.05) is 39.6 Å². The number of pyridine rings is 1. The molecule has 2 aliphatic rings. The minimum Gasteiger partial charge on any atom is -0.341 e. The molecule has 4 heterocycles. The summed E-state index contributed by atoms with van der Waals surface area (Å²) in [7, 11) is 2.08. The molecule has 0 radical (unpaired) electrons. The van der Waals surface area contributed by atoms with Crippen LogP contribution in [0.1, 0.15) is 60.5 Å². The number of rotatable bonds is 5. The van der Waals surface area contributed by atoms with Gasteiger partial charge in [-0.2, -0.15) is 0 Å². The third kappa shape index (κ3) is 4.70. The van der Waals surface area contributed by atoms with Gasteiger partial charge in [-0.3, -0.25) is 14.6 Å². The molecule has 0 spiro atoms. The maximum atomic E-state index is 13.0. The second-order valence-corrected chi connectivity index (χ2v) is 8.95. The van der Waals surface area contributed by atoms with Crippen LogP contribution in [0, 0.1) is 0 Å². The Labute approximate surface area is 190 Å². The van der Waals surface area contributed by atoms with E-state index in [0.717, 1.165) is 70.0 Å². The van der Waals surface area contributed by atoms with E-state index in [1.165, 1.54) is 0 Å². The van der Waals surface area contributed by atoms with Crippen LogP contribution < -0.4 is 0 Å². The first-order valence-electron chi connectivity index (χ1n) is 11.7. The van der Waals surface area contributed by atoms with Crippen molar-refractivity contribution >= 4 is 11.8 Å². The van der Waals surface area contributed by atoms with Gasteiger partial charge < -0.3 is 19.3 Å². The van der Waals surface area contributed by atoms with Crippen molar-refractivity contribution in [1.29, 1.82) is 0 Å². The van der Waals surface area contributed by atoms with Crippen LogP contribution >= 0.6 is 0 Å². The summed E-state index contributed by atoms with van der Waals surface area (Å²) in [5, 5.41) is 0. The van der Waals surface area contributed by atoms with Crippen molar-refractivity contribution < 1.29 is 9.59 Å². The van der Waals surface area contributed by atoms with E-state index in [2.05, 4.69) is 28.8 Å². The largest absolute Gasteiger partial charge is 0.341 e. The molecule has 0 N–H and O–H groups in total. The van der Waals surface area contributed by atoms with Gasteiger partial charge in [0.25, 0.3) is 5.91 Å². The summed E-state index contributed by atoms with van der Waals surface area (Å²) in [4.78, 5) is 40.8. The molecule has 2 aromatic heterocycles. The summed E-state index contributed by atoms with van der Waals surface area (Å²) in [5.41, 5.74) is 1.68. The number of likely N-dealkylation sites (N-methyl/N-ethyl adjacent to an activating group) is 1. The first kappa shape index (κ1) is 22.5. The summed E-state index contributed by atoms with van der Waals surface area (Å²) < 4.78 is 1.98. The van der Waals surface area contributed by atoms with Crippen molar-refractivity contribution in [1.82, 2.24) is 29.2 Å². The number of hydrogen-bond acceptors (Lipinski definition) is 5. The quantitative estimate of drug-likeness (QED) is 0.716. The summed E-state index contributed by atoms with van der Waals surface area (Å²) in [6, 6.07) is 3.67. The highest BCUT2D eigenvalue weighted by Gasteiger charge is 2.29. The molecule has 0 bridgehead atoms. The van der Waals surface area contributed by atoms with Gasteiger partial charge in [-0.15, -0.1) is 0 Å². The Balaban J connectivity index is 1.32. The van der Waals surface area contributed by atoms with Gasteiger partial charge in [-0.25, -0.2) is 4.98 Å². The lowest BCUT2D eigenvalue weighted by Crippen LogP contribution is -2.47. The van der Waals surface area contributed by atoms with Crippen molar-refractivity contribution in [2.45, 2.75) is 45.1 Å². The molecule has 1 atom stereocenters. The maximum Gasteiger partial charge on any atom is 0.255 e. The summed E-state index contributed by atoms with van der Waals surface area (Å²) >= 11 is 0. The van der Waals surface area contributed by atoms with Crippen LogP contribution in [-0.4, -0.2) is 87.4 Å². The Morgan fingerprint density at radius 2 is 1.75 bits per heavy atom. The van der Waals surface area contributed by atoms with Gasteiger partial charge in [-0.05, 0) is 38.9 Å². The smallest absolute Gasteiger partial charge is 0.255 e. The van der Waals surface area contributed by atoms with Gasteiger partial charge in [0, 0.05) is 75.9 Å². The number of carbonyl (C=O) groups is 2. The molecule has 8 heteroatoms. The molecule has 0 aromatic carbocycles. The van der Waals surface area contributed by atoms with Crippen molar-refractivity contribution in [3.05, 3.63) is 47.8 Å². The number of nitrogens with zero attached hydrogens (tertiary/aromatic N) is 6. The van der Waals surface area contributed by atoms with Crippen LogP contribution in [0.25, 0.3) is 0 Å². The lowest BCUT2D eigenvalue weighted by molar-refractivity contribution is -0.135. The third-order valence-electron chi connectivity index (χ3n) is 6.89. The molecule has 4 rings (SSSR count). The van der Waals surface area contributed by atoms with Crippen LogP contribution in [0.4, 0.5) is 0 Å². The predicted octanol–water partition coefficient (Wildman–Crippen LogP) is 2.20. The van der Waals surface area contributed by atoms with Gasteiger partial charge in [0.1, 0.15) is 11.9 Å². The highest BCUT2D eigenvalue weighted by atomic mass is 16.2. The Kier molecular flexibility index (Phi) is 6.89. The molecule has 8 nitrogen and oxygen atoms in total. The third-order valence-corrected chi connectivity index (χ3v) is 6.89. The molecule has 2 aliphatic heterocycles. The Morgan fingerprint density at radius 3 is 2.38 bits per heavy atom. The van der Waals surface area contributed by atoms with Gasteiger partial charge in [0.2, 0.25) is 5.91 Å². The number of imidazole rings is 1. The number of aromatic nitrogens is 3. The standard InChI is InChI=1S/C24H34N6O2/c1-4-22-25-9-12-30(22)18(2)23(31)28-10-7-19(8-11-28)21-6-5-20(17-26-21)24(32)29-15-13-27(3)14-16-29/h5-6,9,12,17-19H,4,7-8,10-11,13-16H2,1-3H3/t18-/m1/s1. The zero-order chi connectivity index (χ0) is 22.7. The Bertz CT molecular complexity index is 924. The first-order chi connectivity index (χ1) is 15.5. The van der Waals surface area contributed by atoms with Crippen LogP contribution in [0.5, 0.6) is 0 Å². The number of amides is 2. The predicted molar refractivity (Wildman–Crippen MR) is 123 cm³/mol. The number of likely N-dealkylation sites (tertiary alicyclic amines) is 1. The van der Waals surface area contributed by atoms with Crippen LogP contribution in [-0.2, 0) is 11.2 Å². The topological polar surface area (TPSA) is 74.6 Å². The number of piperazine rings is 1. The average molecular weight is 439 g/mol. The molecule has 2 fully saturated rings. The van der Waals surface area contributed by atoms with E-state index in [4.69, 9.17) is 0 Å². The second-order valence-electron chi connectivity index (χ2n) is 8.95. The SMILES string of the molecule is CCc1nccn1[C@H](C)C(=O)N1CCC(c2ccc(C(=O)N3CCN(C)CC3)cn2)CC1. The fourth-order valence-corrected chi connectivity index (χ4v) is 4.71. The normalized spacial score (nSPS) is 19.2. The number of carbonyl (C=O) groups excluding carboxylic acids is 2. The van der Waals surface area contributed by atoms with Crippen molar-refractivity contribution in [3.8, 4) is 0 Å². The minimum absolute atomic E-state index is 0.0671. The van der Waals surface area contributed by atoms with E-state index in [0.29, 0.717) is 11.5 Å². The van der Waals surface area contributed by atoms with Crippen molar-refractivity contribution in [2.75, 3.05) is 46.3 Å². The van der Waals surface area contributed by atoms with Gasteiger partial charge in [0.15, 0.2) is 0 Å².